The maximum atomic E-state index is 6.30. The molecule has 3 aromatic rings. The van der Waals surface area contributed by atoms with Gasteiger partial charge in [-0.05, 0) is 81.5 Å². The van der Waals surface area contributed by atoms with Crippen LogP contribution in [0.1, 0.15) is 33.4 Å². The molecule has 0 aliphatic carbocycles. The standard InChI is InChI=1S/C22H23ClN2/c1-12-7-14(3)20(15(4)8-12)18-11-19(25-22(23)24-18)21-16(5)9-13(2)10-17(21)6/h7-11H,1-6H3. The summed E-state index contributed by atoms with van der Waals surface area (Å²) in [7, 11) is 0. The van der Waals surface area contributed by atoms with Crippen LogP contribution in [0.3, 0.4) is 0 Å². The number of hydrogen-bond acceptors (Lipinski definition) is 2. The highest BCUT2D eigenvalue weighted by molar-refractivity contribution is 6.28. The molecule has 0 aliphatic rings. The molecule has 0 radical (unpaired) electrons. The molecule has 25 heavy (non-hydrogen) atoms. The Kier molecular flexibility index (Phi) is 4.66. The largest absolute Gasteiger partial charge is 0.223 e. The lowest BCUT2D eigenvalue weighted by Crippen LogP contribution is -1.98. The van der Waals surface area contributed by atoms with E-state index in [-0.39, 0.29) is 5.28 Å². The van der Waals surface area contributed by atoms with Crippen LogP contribution < -0.4 is 0 Å². The van der Waals surface area contributed by atoms with Crippen LogP contribution in [0.25, 0.3) is 22.5 Å². The summed E-state index contributed by atoms with van der Waals surface area (Å²) in [6.07, 6.45) is 0. The molecule has 0 spiro atoms. The molecule has 0 aliphatic heterocycles. The van der Waals surface area contributed by atoms with Crippen molar-refractivity contribution in [2.75, 3.05) is 0 Å². The monoisotopic (exact) mass is 350 g/mol. The summed E-state index contributed by atoms with van der Waals surface area (Å²) in [5.74, 6) is 0. The topological polar surface area (TPSA) is 25.8 Å². The summed E-state index contributed by atoms with van der Waals surface area (Å²) in [6.45, 7) is 12.7. The molecule has 1 aromatic heterocycles. The van der Waals surface area contributed by atoms with Crippen LogP contribution in [0.5, 0.6) is 0 Å². The Morgan fingerprint density at radius 3 is 1.20 bits per heavy atom. The maximum Gasteiger partial charge on any atom is 0.223 e. The minimum atomic E-state index is 0.284. The first-order valence-electron chi connectivity index (χ1n) is 8.47. The van der Waals surface area contributed by atoms with E-state index in [4.69, 9.17) is 11.6 Å². The van der Waals surface area contributed by atoms with Crippen molar-refractivity contribution in [3.63, 3.8) is 0 Å². The second-order valence-corrected chi connectivity index (χ2v) is 7.29. The zero-order valence-electron chi connectivity index (χ0n) is 15.7. The van der Waals surface area contributed by atoms with Crippen LogP contribution in [0, 0.1) is 41.5 Å². The molecule has 0 atom stereocenters. The van der Waals surface area contributed by atoms with Gasteiger partial charge in [0, 0.05) is 11.1 Å². The highest BCUT2D eigenvalue weighted by Crippen LogP contribution is 2.33. The highest BCUT2D eigenvalue weighted by Gasteiger charge is 2.15. The first-order valence-corrected chi connectivity index (χ1v) is 8.85. The van der Waals surface area contributed by atoms with E-state index in [9.17, 15) is 0 Å². The van der Waals surface area contributed by atoms with Gasteiger partial charge < -0.3 is 0 Å². The Bertz CT molecular complexity index is 852. The molecule has 0 saturated carbocycles. The van der Waals surface area contributed by atoms with Gasteiger partial charge in [0.2, 0.25) is 5.28 Å². The van der Waals surface area contributed by atoms with Gasteiger partial charge in [-0.3, -0.25) is 0 Å². The summed E-state index contributed by atoms with van der Waals surface area (Å²) >= 11 is 6.30. The zero-order chi connectivity index (χ0) is 18.3. The van der Waals surface area contributed by atoms with Gasteiger partial charge in [0.05, 0.1) is 11.4 Å². The number of benzene rings is 2. The molecular weight excluding hydrogens is 328 g/mol. The summed E-state index contributed by atoms with van der Waals surface area (Å²) in [5.41, 5.74) is 11.4. The van der Waals surface area contributed by atoms with Crippen molar-refractivity contribution >= 4 is 11.6 Å². The van der Waals surface area contributed by atoms with Gasteiger partial charge in [-0.1, -0.05) is 35.4 Å². The van der Waals surface area contributed by atoms with Gasteiger partial charge in [-0.15, -0.1) is 0 Å². The number of halogens is 1. The fourth-order valence-corrected chi connectivity index (χ4v) is 4.02. The van der Waals surface area contributed by atoms with Gasteiger partial charge >= 0.3 is 0 Å². The van der Waals surface area contributed by atoms with E-state index in [1.165, 1.54) is 33.4 Å². The van der Waals surface area contributed by atoms with Gasteiger partial charge in [-0.2, -0.15) is 0 Å². The fourth-order valence-electron chi connectivity index (χ4n) is 3.84. The third-order valence-electron chi connectivity index (χ3n) is 4.57. The van der Waals surface area contributed by atoms with Gasteiger partial charge in [0.25, 0.3) is 0 Å². The maximum absolute atomic E-state index is 6.30. The van der Waals surface area contributed by atoms with E-state index in [0.29, 0.717) is 0 Å². The predicted molar refractivity (Wildman–Crippen MR) is 106 cm³/mol. The smallest absolute Gasteiger partial charge is 0.218 e. The zero-order valence-corrected chi connectivity index (χ0v) is 16.4. The molecule has 3 heteroatoms. The Morgan fingerprint density at radius 1 is 0.560 bits per heavy atom. The quantitative estimate of drug-likeness (QED) is 0.506. The Labute approximate surface area is 154 Å². The van der Waals surface area contributed by atoms with Crippen LogP contribution in [0.2, 0.25) is 5.28 Å². The van der Waals surface area contributed by atoms with E-state index in [0.717, 1.165) is 22.5 Å². The van der Waals surface area contributed by atoms with Crippen LogP contribution in [-0.4, -0.2) is 9.97 Å². The normalized spacial score (nSPS) is 11.0. The molecule has 0 fully saturated rings. The lowest BCUT2D eigenvalue weighted by Gasteiger charge is -2.15. The molecule has 0 saturated heterocycles. The lowest BCUT2D eigenvalue weighted by molar-refractivity contribution is 1.15. The number of hydrogen-bond donors (Lipinski definition) is 0. The third kappa shape index (κ3) is 3.45. The van der Waals surface area contributed by atoms with Crippen LogP contribution in [0.4, 0.5) is 0 Å². The van der Waals surface area contributed by atoms with E-state index in [2.05, 4.69) is 81.8 Å². The summed E-state index contributed by atoms with van der Waals surface area (Å²) in [5, 5.41) is 0.284. The lowest BCUT2D eigenvalue weighted by atomic mass is 9.94. The number of nitrogens with zero attached hydrogens (tertiary/aromatic N) is 2. The highest BCUT2D eigenvalue weighted by atomic mass is 35.5. The molecule has 3 rings (SSSR count). The van der Waals surface area contributed by atoms with E-state index < -0.39 is 0 Å². The van der Waals surface area contributed by atoms with Crippen molar-refractivity contribution in [3.05, 3.63) is 69.0 Å². The molecule has 128 valence electrons. The molecule has 2 aromatic carbocycles. The van der Waals surface area contributed by atoms with Gasteiger partial charge in [0.1, 0.15) is 0 Å². The SMILES string of the molecule is Cc1cc(C)c(-c2cc(-c3c(C)cc(C)cc3C)nc(Cl)n2)c(C)c1. The van der Waals surface area contributed by atoms with Crippen LogP contribution in [-0.2, 0) is 0 Å². The third-order valence-corrected chi connectivity index (χ3v) is 4.73. The average Bonchev–Trinajstić information content (AvgIpc) is 2.44. The van der Waals surface area contributed by atoms with Crippen molar-refractivity contribution in [2.24, 2.45) is 0 Å². The molecule has 0 bridgehead atoms. The summed E-state index contributed by atoms with van der Waals surface area (Å²) < 4.78 is 0. The number of aromatic nitrogens is 2. The van der Waals surface area contributed by atoms with E-state index in [1.54, 1.807) is 0 Å². The Morgan fingerprint density at radius 2 is 0.880 bits per heavy atom. The molecule has 2 nitrogen and oxygen atoms in total. The van der Waals surface area contributed by atoms with Gasteiger partial charge in [-0.25, -0.2) is 9.97 Å². The minimum Gasteiger partial charge on any atom is -0.218 e. The van der Waals surface area contributed by atoms with Crippen molar-refractivity contribution in [2.45, 2.75) is 41.5 Å². The second-order valence-electron chi connectivity index (χ2n) is 6.95. The molecule has 0 N–H and O–H groups in total. The predicted octanol–water partition coefficient (Wildman–Crippen LogP) is 6.31. The summed E-state index contributed by atoms with van der Waals surface area (Å²) in [4.78, 5) is 9.02. The Balaban J connectivity index is 2.25. The Hall–Kier alpha value is -2.19. The average molecular weight is 351 g/mol. The fraction of sp³-hybridized carbons (Fsp3) is 0.273. The first-order chi connectivity index (χ1) is 11.8. The van der Waals surface area contributed by atoms with Crippen molar-refractivity contribution in [3.8, 4) is 22.5 Å². The molecule has 0 amide bonds. The second kappa shape index (κ2) is 6.61. The van der Waals surface area contributed by atoms with E-state index >= 15 is 0 Å². The van der Waals surface area contributed by atoms with Crippen molar-refractivity contribution < 1.29 is 0 Å². The van der Waals surface area contributed by atoms with Gasteiger partial charge in [0.15, 0.2) is 0 Å². The minimum absolute atomic E-state index is 0.284. The van der Waals surface area contributed by atoms with Crippen molar-refractivity contribution in [1.29, 1.82) is 0 Å². The molecule has 1 heterocycles. The number of aryl methyl sites for hydroxylation is 6. The van der Waals surface area contributed by atoms with Crippen molar-refractivity contribution in [1.82, 2.24) is 9.97 Å². The molecular formula is C22H23ClN2. The van der Waals surface area contributed by atoms with Crippen LogP contribution in [0.15, 0.2) is 30.3 Å². The summed E-state index contributed by atoms with van der Waals surface area (Å²) in [6, 6.07) is 10.8. The first kappa shape index (κ1) is 17.6. The van der Waals surface area contributed by atoms with Crippen LogP contribution >= 0.6 is 11.6 Å². The number of rotatable bonds is 2. The molecule has 0 unspecified atom stereocenters. The van der Waals surface area contributed by atoms with E-state index in [1.807, 2.05) is 0 Å².